The molecule has 3 N–H and O–H groups in total. The fraction of sp³-hybridized carbons (Fsp3) is 0.143. The van der Waals surface area contributed by atoms with Gasteiger partial charge in [-0.1, -0.05) is 18.2 Å². The number of anilines is 1. The average molecular weight is 292 g/mol. The van der Waals surface area contributed by atoms with Crippen LogP contribution in [0.25, 0.3) is 0 Å². The molecule has 0 saturated carbocycles. The minimum atomic E-state index is -3.43. The van der Waals surface area contributed by atoms with Gasteiger partial charge in [0.15, 0.2) is 0 Å². The molecule has 0 aliphatic rings. The van der Waals surface area contributed by atoms with E-state index in [1.807, 2.05) is 54.6 Å². The van der Waals surface area contributed by atoms with Gasteiger partial charge in [0.2, 0.25) is 10.0 Å². The van der Waals surface area contributed by atoms with Gasteiger partial charge in [0, 0.05) is 12.2 Å². The predicted molar refractivity (Wildman–Crippen MR) is 79.4 cm³/mol. The summed E-state index contributed by atoms with van der Waals surface area (Å²) in [5.74, 6) is 1.38. The van der Waals surface area contributed by atoms with Crippen LogP contribution in [-0.4, -0.2) is 20.7 Å². The largest absolute Gasteiger partial charge is 0.457 e. The highest BCUT2D eigenvalue weighted by Gasteiger charge is 2.02. The van der Waals surface area contributed by atoms with Crippen molar-refractivity contribution in [3.8, 4) is 11.5 Å². The van der Waals surface area contributed by atoms with Gasteiger partial charge in [-0.05, 0) is 36.4 Å². The van der Waals surface area contributed by atoms with Crippen molar-refractivity contribution in [3.05, 3.63) is 54.6 Å². The van der Waals surface area contributed by atoms with Crippen molar-refractivity contribution < 1.29 is 13.2 Å². The zero-order valence-electron chi connectivity index (χ0n) is 10.8. The summed E-state index contributed by atoms with van der Waals surface area (Å²) < 4.78 is 27.2. The normalized spacial score (nSPS) is 11.1. The van der Waals surface area contributed by atoms with Gasteiger partial charge >= 0.3 is 0 Å². The topological polar surface area (TPSA) is 81.4 Å². The smallest absolute Gasteiger partial charge is 0.210 e. The van der Waals surface area contributed by atoms with Crippen molar-refractivity contribution in [2.24, 2.45) is 5.14 Å². The van der Waals surface area contributed by atoms with Crippen molar-refractivity contribution in [2.45, 2.75) is 0 Å². The fourth-order valence-corrected chi connectivity index (χ4v) is 1.99. The van der Waals surface area contributed by atoms with E-state index in [1.54, 1.807) is 0 Å². The molecule has 2 aromatic carbocycles. The van der Waals surface area contributed by atoms with Crippen LogP contribution in [0.2, 0.25) is 0 Å². The second-order valence-corrected chi connectivity index (χ2v) is 5.97. The maximum atomic E-state index is 10.8. The molecule has 0 fully saturated rings. The van der Waals surface area contributed by atoms with Crippen LogP contribution in [0.1, 0.15) is 0 Å². The molecule has 0 unspecified atom stereocenters. The Morgan fingerprint density at radius 1 is 0.950 bits per heavy atom. The first-order valence-corrected chi connectivity index (χ1v) is 7.82. The molecule has 20 heavy (non-hydrogen) atoms. The summed E-state index contributed by atoms with van der Waals surface area (Å²) in [4.78, 5) is 0. The maximum Gasteiger partial charge on any atom is 0.210 e. The first-order chi connectivity index (χ1) is 9.53. The quantitative estimate of drug-likeness (QED) is 0.855. The highest BCUT2D eigenvalue weighted by atomic mass is 32.2. The molecule has 0 saturated heterocycles. The molecule has 0 radical (unpaired) electrons. The summed E-state index contributed by atoms with van der Waals surface area (Å²) >= 11 is 0. The first kappa shape index (κ1) is 14.4. The fourth-order valence-electron chi connectivity index (χ4n) is 1.60. The highest BCUT2D eigenvalue weighted by molar-refractivity contribution is 7.89. The second-order valence-electron chi connectivity index (χ2n) is 4.23. The van der Waals surface area contributed by atoms with Gasteiger partial charge in [0.05, 0.1) is 5.75 Å². The Labute approximate surface area is 118 Å². The van der Waals surface area contributed by atoms with E-state index in [1.165, 1.54) is 0 Å². The van der Waals surface area contributed by atoms with Crippen LogP contribution in [0, 0.1) is 0 Å². The zero-order valence-corrected chi connectivity index (χ0v) is 11.6. The molecular weight excluding hydrogens is 276 g/mol. The van der Waals surface area contributed by atoms with Crippen molar-refractivity contribution in [1.29, 1.82) is 0 Å². The second kappa shape index (κ2) is 6.40. The van der Waals surface area contributed by atoms with E-state index in [4.69, 9.17) is 9.88 Å². The van der Waals surface area contributed by atoms with E-state index >= 15 is 0 Å². The Bertz CT molecular complexity index is 640. The van der Waals surface area contributed by atoms with Crippen LogP contribution in [0.15, 0.2) is 54.6 Å². The number of rotatable bonds is 6. The Morgan fingerprint density at radius 3 is 2.15 bits per heavy atom. The van der Waals surface area contributed by atoms with Crippen molar-refractivity contribution in [2.75, 3.05) is 17.6 Å². The van der Waals surface area contributed by atoms with E-state index in [9.17, 15) is 8.42 Å². The summed E-state index contributed by atoms with van der Waals surface area (Å²) in [5, 5.41) is 7.90. The number of hydrogen-bond acceptors (Lipinski definition) is 4. The van der Waals surface area contributed by atoms with E-state index in [0.29, 0.717) is 5.75 Å². The molecule has 0 amide bonds. The van der Waals surface area contributed by atoms with Gasteiger partial charge in [0.1, 0.15) is 11.5 Å². The number of para-hydroxylation sites is 1. The van der Waals surface area contributed by atoms with E-state index in [0.717, 1.165) is 11.4 Å². The van der Waals surface area contributed by atoms with Crippen LogP contribution in [0.4, 0.5) is 5.69 Å². The molecule has 0 heterocycles. The molecule has 2 rings (SSSR count). The third-order valence-corrected chi connectivity index (χ3v) is 3.32. The minimum Gasteiger partial charge on any atom is -0.457 e. The number of primary sulfonamides is 1. The SMILES string of the molecule is NS(=O)(=O)CCNc1ccc(Oc2ccccc2)cc1. The van der Waals surface area contributed by atoms with E-state index in [-0.39, 0.29) is 12.3 Å². The number of benzene rings is 2. The lowest BCUT2D eigenvalue weighted by atomic mass is 10.3. The van der Waals surface area contributed by atoms with Crippen LogP contribution >= 0.6 is 0 Å². The maximum absolute atomic E-state index is 10.8. The van der Waals surface area contributed by atoms with E-state index in [2.05, 4.69) is 5.32 Å². The van der Waals surface area contributed by atoms with Crippen molar-refractivity contribution in [1.82, 2.24) is 0 Å². The summed E-state index contributed by atoms with van der Waals surface area (Å²) in [6.07, 6.45) is 0. The van der Waals surface area contributed by atoms with Gasteiger partial charge in [-0.25, -0.2) is 13.6 Å². The lowest BCUT2D eigenvalue weighted by molar-refractivity contribution is 0.483. The van der Waals surface area contributed by atoms with Crippen LogP contribution < -0.4 is 15.2 Å². The van der Waals surface area contributed by atoms with E-state index < -0.39 is 10.0 Å². The molecular formula is C14H16N2O3S. The molecule has 106 valence electrons. The number of hydrogen-bond donors (Lipinski definition) is 2. The third kappa shape index (κ3) is 4.91. The Kier molecular flexibility index (Phi) is 4.60. The molecule has 6 heteroatoms. The van der Waals surface area contributed by atoms with Gasteiger partial charge in [-0.15, -0.1) is 0 Å². The highest BCUT2D eigenvalue weighted by Crippen LogP contribution is 2.22. The molecule has 0 aliphatic heterocycles. The lowest BCUT2D eigenvalue weighted by Crippen LogP contribution is -2.22. The minimum absolute atomic E-state index is 0.102. The van der Waals surface area contributed by atoms with Crippen LogP contribution in [0.5, 0.6) is 11.5 Å². The van der Waals surface area contributed by atoms with Gasteiger partial charge in [-0.3, -0.25) is 0 Å². The van der Waals surface area contributed by atoms with Crippen molar-refractivity contribution >= 4 is 15.7 Å². The summed E-state index contributed by atoms with van der Waals surface area (Å²) in [6.45, 7) is 0.276. The zero-order chi connectivity index (χ0) is 14.4. The molecule has 0 aliphatic carbocycles. The Morgan fingerprint density at radius 2 is 1.55 bits per heavy atom. The van der Waals surface area contributed by atoms with Crippen LogP contribution in [0.3, 0.4) is 0 Å². The Balaban J connectivity index is 1.90. The molecule has 5 nitrogen and oxygen atoms in total. The summed E-state index contributed by atoms with van der Waals surface area (Å²) in [6, 6.07) is 16.7. The van der Waals surface area contributed by atoms with Gasteiger partial charge < -0.3 is 10.1 Å². The predicted octanol–water partition coefficient (Wildman–Crippen LogP) is 2.18. The third-order valence-electron chi connectivity index (χ3n) is 2.55. The van der Waals surface area contributed by atoms with Gasteiger partial charge in [-0.2, -0.15) is 0 Å². The number of nitrogens with two attached hydrogens (primary N) is 1. The number of sulfonamides is 1. The summed E-state index contributed by atoms with van der Waals surface area (Å²) in [7, 11) is -3.43. The monoisotopic (exact) mass is 292 g/mol. The standard InChI is InChI=1S/C14H16N2O3S/c15-20(17,18)11-10-16-12-6-8-14(9-7-12)19-13-4-2-1-3-5-13/h1-9,16H,10-11H2,(H2,15,17,18). The molecule has 0 bridgehead atoms. The first-order valence-electron chi connectivity index (χ1n) is 6.10. The number of ether oxygens (including phenoxy) is 1. The summed E-state index contributed by atoms with van der Waals surface area (Å²) in [5.41, 5.74) is 0.814. The molecule has 2 aromatic rings. The molecule has 0 atom stereocenters. The van der Waals surface area contributed by atoms with Gasteiger partial charge in [0.25, 0.3) is 0 Å². The molecule has 0 aromatic heterocycles. The van der Waals surface area contributed by atoms with Crippen molar-refractivity contribution in [3.63, 3.8) is 0 Å². The Hall–Kier alpha value is -2.05. The van der Waals surface area contributed by atoms with Crippen LogP contribution in [-0.2, 0) is 10.0 Å². The average Bonchev–Trinajstić information content (AvgIpc) is 2.41. The lowest BCUT2D eigenvalue weighted by Gasteiger charge is -2.08. The number of nitrogens with one attached hydrogen (secondary N) is 1. The molecule has 0 spiro atoms.